The van der Waals surface area contributed by atoms with Gasteiger partial charge in [0, 0.05) is 19.6 Å². The van der Waals surface area contributed by atoms with Crippen molar-refractivity contribution in [2.45, 2.75) is 32.1 Å². The van der Waals surface area contributed by atoms with Crippen LogP contribution in [0.4, 0.5) is 0 Å². The van der Waals surface area contributed by atoms with Crippen molar-refractivity contribution in [3.8, 4) is 0 Å². The van der Waals surface area contributed by atoms with Crippen LogP contribution in [-0.4, -0.2) is 48.5 Å². The van der Waals surface area contributed by atoms with Crippen LogP contribution in [0.15, 0.2) is 4.90 Å². The van der Waals surface area contributed by atoms with E-state index in [1.807, 2.05) is 6.92 Å². The Hall–Kier alpha value is -1.41. The molecule has 20 heavy (non-hydrogen) atoms. The van der Waals surface area contributed by atoms with Crippen LogP contribution in [0.5, 0.6) is 0 Å². The molecule has 1 atom stereocenters. The van der Waals surface area contributed by atoms with Gasteiger partial charge in [0.05, 0.1) is 17.3 Å². The van der Waals surface area contributed by atoms with E-state index in [2.05, 4.69) is 15.5 Å². The average molecular weight is 300 g/mol. The normalized spacial score (nSPS) is 20.2. The number of aromatic nitrogens is 2. The maximum absolute atomic E-state index is 12.6. The third-order valence-electron chi connectivity index (χ3n) is 3.53. The summed E-state index contributed by atoms with van der Waals surface area (Å²) >= 11 is 0. The number of carbonyl (C=O) groups is 1. The Balaban J connectivity index is 2.19. The largest absolute Gasteiger partial charge is 0.356 e. The monoisotopic (exact) mass is 300 g/mol. The van der Waals surface area contributed by atoms with Crippen molar-refractivity contribution < 1.29 is 13.2 Å². The minimum absolute atomic E-state index is 0.0779. The van der Waals surface area contributed by atoms with Gasteiger partial charge in [0.25, 0.3) is 0 Å². The molecule has 0 aromatic carbocycles. The third-order valence-corrected chi connectivity index (χ3v) is 5.66. The van der Waals surface area contributed by atoms with Crippen LogP contribution in [0.2, 0.25) is 0 Å². The molecule has 112 valence electrons. The van der Waals surface area contributed by atoms with Crippen molar-refractivity contribution >= 4 is 15.9 Å². The van der Waals surface area contributed by atoms with E-state index < -0.39 is 10.0 Å². The van der Waals surface area contributed by atoms with Gasteiger partial charge in [-0.05, 0) is 27.2 Å². The lowest BCUT2D eigenvalue weighted by Crippen LogP contribution is -2.34. The summed E-state index contributed by atoms with van der Waals surface area (Å²) in [7, 11) is -3.58. The second-order valence-electron chi connectivity index (χ2n) is 5.01. The predicted octanol–water partition coefficient (Wildman–Crippen LogP) is 0.173. The van der Waals surface area contributed by atoms with Crippen molar-refractivity contribution in [1.29, 1.82) is 0 Å². The van der Waals surface area contributed by atoms with Gasteiger partial charge in [0.15, 0.2) is 0 Å². The molecule has 2 N–H and O–H groups in total. The van der Waals surface area contributed by atoms with E-state index in [9.17, 15) is 13.2 Å². The first-order chi connectivity index (χ1) is 9.37. The molecule has 7 nitrogen and oxygen atoms in total. The van der Waals surface area contributed by atoms with Gasteiger partial charge in [-0.1, -0.05) is 0 Å². The predicted molar refractivity (Wildman–Crippen MR) is 73.6 cm³/mol. The van der Waals surface area contributed by atoms with E-state index in [-0.39, 0.29) is 23.3 Å². The molecule has 0 radical (unpaired) electrons. The van der Waals surface area contributed by atoms with E-state index >= 15 is 0 Å². The number of hydrogen-bond donors (Lipinski definition) is 2. The van der Waals surface area contributed by atoms with E-state index in [4.69, 9.17) is 0 Å². The molecule has 1 unspecified atom stereocenters. The number of aromatic amines is 1. The topological polar surface area (TPSA) is 95.2 Å². The van der Waals surface area contributed by atoms with Gasteiger partial charge in [-0.15, -0.1) is 0 Å². The summed E-state index contributed by atoms with van der Waals surface area (Å²) in [4.78, 5) is 12.0. The third kappa shape index (κ3) is 2.57. The molecule has 1 fully saturated rings. The van der Waals surface area contributed by atoms with Crippen molar-refractivity contribution in [3.05, 3.63) is 11.4 Å². The number of sulfonamides is 1. The number of nitrogens with one attached hydrogen (secondary N) is 2. The number of carbonyl (C=O) groups excluding carboxylic acids is 1. The van der Waals surface area contributed by atoms with Gasteiger partial charge in [-0.3, -0.25) is 9.89 Å². The first-order valence-electron chi connectivity index (χ1n) is 6.67. The quantitative estimate of drug-likeness (QED) is 0.829. The lowest BCUT2D eigenvalue weighted by atomic mass is 10.1. The smallest absolute Gasteiger partial charge is 0.246 e. The molecule has 1 aromatic heterocycles. The van der Waals surface area contributed by atoms with Crippen molar-refractivity contribution in [2.24, 2.45) is 5.92 Å². The zero-order valence-electron chi connectivity index (χ0n) is 11.9. The molecule has 1 aromatic rings. The summed E-state index contributed by atoms with van der Waals surface area (Å²) in [5.41, 5.74) is 0.993. The molecule has 0 saturated carbocycles. The molecule has 0 aliphatic carbocycles. The van der Waals surface area contributed by atoms with E-state index in [1.165, 1.54) is 4.31 Å². The Labute approximate surface area is 118 Å². The van der Waals surface area contributed by atoms with Gasteiger partial charge < -0.3 is 5.32 Å². The van der Waals surface area contributed by atoms with Gasteiger partial charge in [-0.25, -0.2) is 8.42 Å². The first-order valence-corrected chi connectivity index (χ1v) is 8.11. The highest BCUT2D eigenvalue weighted by atomic mass is 32.2. The fraction of sp³-hybridized carbons (Fsp3) is 0.667. The second kappa shape index (κ2) is 5.53. The van der Waals surface area contributed by atoms with Gasteiger partial charge in [0.1, 0.15) is 4.90 Å². The molecule has 1 saturated heterocycles. The number of hydrogen-bond acceptors (Lipinski definition) is 4. The van der Waals surface area contributed by atoms with Crippen molar-refractivity contribution in [2.75, 3.05) is 19.6 Å². The number of amides is 1. The highest BCUT2D eigenvalue weighted by Crippen LogP contribution is 2.27. The van der Waals surface area contributed by atoms with Crippen LogP contribution in [-0.2, 0) is 14.8 Å². The van der Waals surface area contributed by atoms with E-state index in [0.29, 0.717) is 30.9 Å². The molecule has 0 spiro atoms. The van der Waals surface area contributed by atoms with Crippen LogP contribution >= 0.6 is 0 Å². The van der Waals surface area contributed by atoms with Crippen molar-refractivity contribution in [3.63, 3.8) is 0 Å². The van der Waals surface area contributed by atoms with Gasteiger partial charge >= 0.3 is 0 Å². The van der Waals surface area contributed by atoms with Crippen LogP contribution < -0.4 is 5.32 Å². The fourth-order valence-electron chi connectivity index (χ4n) is 2.53. The lowest BCUT2D eigenvalue weighted by molar-refractivity contribution is -0.124. The number of nitrogens with zero attached hydrogens (tertiary/aromatic N) is 2. The molecular formula is C12H20N4O3S. The zero-order valence-corrected chi connectivity index (χ0v) is 12.7. The SMILES string of the molecule is CCNC(=O)C1CCN(S(=O)(=O)c2c(C)n[nH]c2C)C1. The minimum Gasteiger partial charge on any atom is -0.356 e. The Kier molecular flexibility index (Phi) is 4.14. The highest BCUT2D eigenvalue weighted by Gasteiger charge is 2.37. The molecule has 1 aliphatic rings. The van der Waals surface area contributed by atoms with E-state index in [1.54, 1.807) is 13.8 Å². The molecular weight excluding hydrogens is 280 g/mol. The highest BCUT2D eigenvalue weighted by molar-refractivity contribution is 7.89. The van der Waals surface area contributed by atoms with Crippen LogP contribution in [0, 0.1) is 19.8 Å². The maximum Gasteiger partial charge on any atom is 0.246 e. The summed E-state index contributed by atoms with van der Waals surface area (Å²) in [5.74, 6) is -0.344. The maximum atomic E-state index is 12.6. The Bertz CT molecular complexity index is 589. The van der Waals surface area contributed by atoms with Crippen LogP contribution in [0.3, 0.4) is 0 Å². The summed E-state index contributed by atoms with van der Waals surface area (Å²) in [6.07, 6.45) is 0.557. The molecule has 2 heterocycles. The first kappa shape index (κ1) is 15.0. The van der Waals surface area contributed by atoms with E-state index in [0.717, 1.165) is 0 Å². The van der Waals surface area contributed by atoms with Gasteiger partial charge in [0.2, 0.25) is 15.9 Å². The summed E-state index contributed by atoms with van der Waals surface area (Å²) in [6.45, 7) is 6.35. The molecule has 1 aliphatic heterocycles. The average Bonchev–Trinajstić information content (AvgIpc) is 2.97. The molecule has 0 bridgehead atoms. The van der Waals surface area contributed by atoms with Crippen molar-refractivity contribution in [1.82, 2.24) is 19.8 Å². The van der Waals surface area contributed by atoms with Crippen LogP contribution in [0.25, 0.3) is 0 Å². The number of H-pyrrole nitrogens is 1. The Morgan fingerprint density at radius 2 is 2.20 bits per heavy atom. The van der Waals surface area contributed by atoms with Gasteiger partial charge in [-0.2, -0.15) is 9.40 Å². The molecule has 1 amide bonds. The summed E-state index contributed by atoms with van der Waals surface area (Å²) in [5, 5.41) is 9.35. The molecule has 8 heteroatoms. The summed E-state index contributed by atoms with van der Waals surface area (Å²) < 4.78 is 26.6. The summed E-state index contributed by atoms with van der Waals surface area (Å²) in [6, 6.07) is 0. The lowest BCUT2D eigenvalue weighted by Gasteiger charge is -2.16. The zero-order chi connectivity index (χ0) is 14.9. The Morgan fingerprint density at radius 3 is 2.75 bits per heavy atom. The Morgan fingerprint density at radius 1 is 1.50 bits per heavy atom. The molecule has 2 rings (SSSR count). The second-order valence-corrected chi connectivity index (χ2v) is 6.88. The number of rotatable bonds is 4. The number of aryl methyl sites for hydroxylation is 2. The standard InChI is InChI=1S/C12H20N4O3S/c1-4-13-12(17)10-5-6-16(7-10)20(18,19)11-8(2)14-15-9(11)3/h10H,4-7H2,1-3H3,(H,13,17)(H,14,15). The minimum atomic E-state index is -3.58. The fourth-order valence-corrected chi connectivity index (χ4v) is 4.36. The van der Waals surface area contributed by atoms with Crippen LogP contribution in [0.1, 0.15) is 24.7 Å².